The van der Waals surface area contributed by atoms with E-state index in [0.29, 0.717) is 18.7 Å². The molecule has 1 aromatic heterocycles. The number of hydrogen-bond donors (Lipinski definition) is 1. The molecule has 0 bridgehead atoms. The Morgan fingerprint density at radius 1 is 1.26 bits per heavy atom. The fraction of sp³-hybridized carbons (Fsp3) is 0.357. The number of aromatic nitrogens is 3. The Labute approximate surface area is 111 Å². The quantitative estimate of drug-likeness (QED) is 0.891. The van der Waals surface area contributed by atoms with E-state index < -0.39 is 5.97 Å². The van der Waals surface area contributed by atoms with Crippen molar-refractivity contribution >= 4 is 5.97 Å². The summed E-state index contributed by atoms with van der Waals surface area (Å²) in [4.78, 5) is 10.5. The van der Waals surface area contributed by atoms with E-state index in [9.17, 15) is 4.79 Å². The van der Waals surface area contributed by atoms with E-state index >= 15 is 0 Å². The molecule has 1 heterocycles. The monoisotopic (exact) mass is 259 g/mol. The van der Waals surface area contributed by atoms with Gasteiger partial charge in [-0.3, -0.25) is 4.79 Å². The highest BCUT2D eigenvalue weighted by atomic mass is 16.4. The Balaban J connectivity index is 2.05. The lowest BCUT2D eigenvalue weighted by Gasteiger charge is -2.04. The molecule has 0 saturated carbocycles. The van der Waals surface area contributed by atoms with Crippen LogP contribution in [0.25, 0.3) is 0 Å². The number of carbonyl (C=O) groups is 1. The molecule has 0 radical (unpaired) electrons. The van der Waals surface area contributed by atoms with Crippen LogP contribution in [0.4, 0.5) is 0 Å². The highest BCUT2D eigenvalue weighted by Crippen LogP contribution is 2.10. The van der Waals surface area contributed by atoms with Crippen molar-refractivity contribution in [2.24, 2.45) is 0 Å². The Morgan fingerprint density at radius 2 is 1.95 bits per heavy atom. The molecular formula is C14H17N3O2. The summed E-state index contributed by atoms with van der Waals surface area (Å²) in [5.74, 6) is -0.816. The first kappa shape index (κ1) is 13.3. The van der Waals surface area contributed by atoms with Crippen molar-refractivity contribution in [1.82, 2.24) is 15.0 Å². The minimum absolute atomic E-state index is 0.0856. The van der Waals surface area contributed by atoms with Gasteiger partial charge in [0.25, 0.3) is 0 Å². The smallest absolute Gasteiger partial charge is 0.303 e. The van der Waals surface area contributed by atoms with Gasteiger partial charge in [0, 0.05) is 12.6 Å². The normalized spacial score (nSPS) is 10.6. The molecule has 2 rings (SSSR count). The van der Waals surface area contributed by atoms with Crippen LogP contribution >= 0.6 is 0 Å². The van der Waals surface area contributed by atoms with Crippen molar-refractivity contribution in [2.75, 3.05) is 0 Å². The van der Waals surface area contributed by atoms with Crippen LogP contribution in [0, 0.1) is 13.8 Å². The second-order valence-electron chi connectivity index (χ2n) is 4.80. The molecule has 0 unspecified atom stereocenters. The topological polar surface area (TPSA) is 68.0 Å². The van der Waals surface area contributed by atoms with Crippen LogP contribution < -0.4 is 0 Å². The van der Waals surface area contributed by atoms with Gasteiger partial charge in [-0.05, 0) is 19.4 Å². The number of rotatable bonds is 5. The molecule has 1 aromatic carbocycles. The van der Waals surface area contributed by atoms with Gasteiger partial charge in [-0.2, -0.15) is 0 Å². The van der Waals surface area contributed by atoms with E-state index in [1.54, 1.807) is 10.9 Å². The SMILES string of the molecule is Cc1cc(C)cc(Cn2cc(CCC(=O)O)nn2)c1. The first-order chi connectivity index (χ1) is 9.02. The molecule has 100 valence electrons. The van der Waals surface area contributed by atoms with Gasteiger partial charge >= 0.3 is 5.97 Å². The van der Waals surface area contributed by atoms with Gasteiger partial charge in [-0.25, -0.2) is 4.68 Å². The molecule has 0 saturated heterocycles. The average Bonchev–Trinajstić information content (AvgIpc) is 2.72. The Hall–Kier alpha value is -2.17. The fourth-order valence-corrected chi connectivity index (χ4v) is 2.11. The molecular weight excluding hydrogens is 242 g/mol. The Kier molecular flexibility index (Phi) is 3.94. The third-order valence-corrected chi connectivity index (χ3v) is 2.81. The zero-order chi connectivity index (χ0) is 13.8. The number of carboxylic acid groups (broad SMARTS) is 1. The maximum atomic E-state index is 10.5. The van der Waals surface area contributed by atoms with Crippen LogP contribution in [0.1, 0.15) is 28.8 Å². The molecule has 0 aliphatic rings. The van der Waals surface area contributed by atoms with Crippen molar-refractivity contribution in [3.05, 3.63) is 46.8 Å². The Morgan fingerprint density at radius 3 is 2.58 bits per heavy atom. The molecule has 5 nitrogen and oxygen atoms in total. The van der Waals surface area contributed by atoms with E-state index in [0.717, 1.165) is 0 Å². The van der Waals surface area contributed by atoms with Gasteiger partial charge < -0.3 is 5.11 Å². The van der Waals surface area contributed by atoms with Gasteiger partial charge in [0.15, 0.2) is 0 Å². The third kappa shape index (κ3) is 3.91. The molecule has 0 atom stereocenters. The fourth-order valence-electron chi connectivity index (χ4n) is 2.11. The van der Waals surface area contributed by atoms with Gasteiger partial charge in [0.1, 0.15) is 0 Å². The third-order valence-electron chi connectivity index (χ3n) is 2.81. The molecule has 1 N–H and O–H groups in total. The van der Waals surface area contributed by atoms with Crippen molar-refractivity contribution in [1.29, 1.82) is 0 Å². The highest BCUT2D eigenvalue weighted by Gasteiger charge is 2.05. The standard InChI is InChI=1S/C14H17N3O2/c1-10-5-11(2)7-12(6-10)8-17-9-13(15-16-17)3-4-14(18)19/h5-7,9H,3-4,8H2,1-2H3,(H,18,19). The van der Waals surface area contributed by atoms with Crippen LogP contribution in [0.2, 0.25) is 0 Å². The summed E-state index contributed by atoms with van der Waals surface area (Å²) in [6.45, 7) is 4.79. The van der Waals surface area contributed by atoms with Crippen LogP contribution in [-0.4, -0.2) is 26.1 Å². The van der Waals surface area contributed by atoms with E-state index in [1.165, 1.54) is 16.7 Å². The molecule has 2 aromatic rings. The van der Waals surface area contributed by atoms with Crippen LogP contribution in [0.3, 0.4) is 0 Å². The second-order valence-corrected chi connectivity index (χ2v) is 4.80. The van der Waals surface area contributed by atoms with Gasteiger partial charge in [-0.15, -0.1) is 5.10 Å². The van der Waals surface area contributed by atoms with Gasteiger partial charge in [-0.1, -0.05) is 34.5 Å². The maximum absolute atomic E-state index is 10.5. The molecule has 0 spiro atoms. The summed E-state index contributed by atoms with van der Waals surface area (Å²) < 4.78 is 1.74. The number of nitrogens with zero attached hydrogens (tertiary/aromatic N) is 3. The predicted molar refractivity (Wildman–Crippen MR) is 71.0 cm³/mol. The van der Waals surface area contributed by atoms with E-state index in [2.05, 4.69) is 42.4 Å². The summed E-state index contributed by atoms with van der Waals surface area (Å²) in [6.07, 6.45) is 2.31. The lowest BCUT2D eigenvalue weighted by Crippen LogP contribution is -2.01. The van der Waals surface area contributed by atoms with Crippen molar-refractivity contribution in [2.45, 2.75) is 33.2 Å². The van der Waals surface area contributed by atoms with E-state index in [1.807, 2.05) is 0 Å². The number of aryl methyl sites for hydroxylation is 3. The molecule has 5 heteroatoms. The van der Waals surface area contributed by atoms with Crippen molar-refractivity contribution in [3.8, 4) is 0 Å². The summed E-state index contributed by atoms with van der Waals surface area (Å²) in [6, 6.07) is 6.36. The molecule has 19 heavy (non-hydrogen) atoms. The van der Waals surface area contributed by atoms with Gasteiger partial charge in [0.05, 0.1) is 18.7 Å². The molecule has 0 aliphatic carbocycles. The van der Waals surface area contributed by atoms with Gasteiger partial charge in [0.2, 0.25) is 0 Å². The highest BCUT2D eigenvalue weighted by molar-refractivity contribution is 5.66. The maximum Gasteiger partial charge on any atom is 0.303 e. The van der Waals surface area contributed by atoms with Crippen molar-refractivity contribution < 1.29 is 9.90 Å². The van der Waals surface area contributed by atoms with Crippen LogP contribution in [0.5, 0.6) is 0 Å². The lowest BCUT2D eigenvalue weighted by atomic mass is 10.1. The largest absolute Gasteiger partial charge is 0.481 e. The summed E-state index contributed by atoms with van der Waals surface area (Å²) >= 11 is 0. The summed E-state index contributed by atoms with van der Waals surface area (Å²) in [7, 11) is 0. The van der Waals surface area contributed by atoms with Crippen LogP contribution in [0.15, 0.2) is 24.4 Å². The number of carboxylic acids is 1. The minimum Gasteiger partial charge on any atom is -0.481 e. The van der Waals surface area contributed by atoms with Crippen LogP contribution in [-0.2, 0) is 17.8 Å². The van der Waals surface area contributed by atoms with E-state index in [4.69, 9.17) is 5.11 Å². The lowest BCUT2D eigenvalue weighted by molar-refractivity contribution is -0.136. The first-order valence-electron chi connectivity index (χ1n) is 6.21. The van der Waals surface area contributed by atoms with Crippen molar-refractivity contribution in [3.63, 3.8) is 0 Å². The number of benzene rings is 1. The number of hydrogen-bond acceptors (Lipinski definition) is 3. The predicted octanol–water partition coefficient (Wildman–Crippen LogP) is 1.96. The number of aliphatic carboxylic acids is 1. The molecule has 0 amide bonds. The molecule has 0 aliphatic heterocycles. The second kappa shape index (κ2) is 5.65. The summed E-state index contributed by atoms with van der Waals surface area (Å²) in [5, 5.41) is 16.6. The zero-order valence-electron chi connectivity index (χ0n) is 11.1. The zero-order valence-corrected chi connectivity index (χ0v) is 11.1. The van der Waals surface area contributed by atoms with E-state index in [-0.39, 0.29) is 6.42 Å². The summed E-state index contributed by atoms with van der Waals surface area (Å²) in [5.41, 5.74) is 4.33. The average molecular weight is 259 g/mol. The molecule has 0 fully saturated rings. The Bertz CT molecular complexity index is 570. The minimum atomic E-state index is -0.816. The first-order valence-corrected chi connectivity index (χ1v) is 6.21.